The van der Waals surface area contributed by atoms with E-state index in [2.05, 4.69) is 28.6 Å². The number of carbonyl (C=O) groups is 1. The Kier molecular flexibility index (Phi) is 5.69. The average Bonchev–Trinajstić information content (AvgIpc) is 2.81. The summed E-state index contributed by atoms with van der Waals surface area (Å²) < 4.78 is 6.54. The summed E-state index contributed by atoms with van der Waals surface area (Å²) in [6.45, 7) is 7.49. The van der Waals surface area contributed by atoms with Crippen LogP contribution in [0.3, 0.4) is 0 Å². The highest BCUT2D eigenvalue weighted by atomic mass is 16.5. The van der Waals surface area contributed by atoms with E-state index in [0.717, 1.165) is 26.2 Å². The smallest absolute Gasteiger partial charge is 0.306 e. The Morgan fingerprint density at radius 1 is 1.53 bits per heavy atom. The molecule has 5 heteroatoms. The molecule has 0 bridgehead atoms. The van der Waals surface area contributed by atoms with E-state index in [4.69, 9.17) is 0 Å². The molecule has 5 nitrogen and oxygen atoms in total. The molecule has 0 N–H and O–H groups in total. The summed E-state index contributed by atoms with van der Waals surface area (Å²) in [7, 11) is 1.42. The summed E-state index contributed by atoms with van der Waals surface area (Å²) in [6, 6.07) is 0. The van der Waals surface area contributed by atoms with E-state index in [1.165, 1.54) is 12.7 Å². The number of esters is 1. The van der Waals surface area contributed by atoms with Crippen molar-refractivity contribution < 1.29 is 9.53 Å². The van der Waals surface area contributed by atoms with Crippen LogP contribution in [-0.2, 0) is 22.6 Å². The number of ether oxygens (including phenoxy) is 1. The second kappa shape index (κ2) is 7.06. The fourth-order valence-corrected chi connectivity index (χ4v) is 1.62. The molecular formula is C12H21N3O2. The molecule has 0 saturated carbocycles. The van der Waals surface area contributed by atoms with Crippen LogP contribution in [0.5, 0.6) is 0 Å². The molecule has 0 aliphatic carbocycles. The SMILES string of the molecule is CCN(CCC(=O)OC)Cc1cnn(CC)c1. The molecule has 1 aromatic heterocycles. The van der Waals surface area contributed by atoms with Gasteiger partial charge in [0.2, 0.25) is 0 Å². The summed E-state index contributed by atoms with van der Waals surface area (Å²) in [6.07, 6.45) is 4.36. The molecule has 0 amide bonds. The zero-order valence-corrected chi connectivity index (χ0v) is 10.8. The Hall–Kier alpha value is -1.36. The fourth-order valence-electron chi connectivity index (χ4n) is 1.62. The highest BCUT2D eigenvalue weighted by molar-refractivity contribution is 5.69. The summed E-state index contributed by atoms with van der Waals surface area (Å²) in [4.78, 5) is 13.3. The second-order valence-corrected chi connectivity index (χ2v) is 3.90. The molecule has 17 heavy (non-hydrogen) atoms. The van der Waals surface area contributed by atoms with E-state index in [1.54, 1.807) is 0 Å². The molecule has 1 rings (SSSR count). The van der Waals surface area contributed by atoms with Gasteiger partial charge in [0.15, 0.2) is 0 Å². The fraction of sp³-hybridized carbons (Fsp3) is 0.667. The van der Waals surface area contributed by atoms with E-state index in [1.807, 2.05) is 17.1 Å². The number of carbonyl (C=O) groups excluding carboxylic acids is 1. The van der Waals surface area contributed by atoms with E-state index >= 15 is 0 Å². The molecular weight excluding hydrogens is 218 g/mol. The van der Waals surface area contributed by atoms with E-state index in [9.17, 15) is 4.79 Å². The third kappa shape index (κ3) is 4.56. The first kappa shape index (κ1) is 13.7. The number of aromatic nitrogens is 2. The molecule has 0 unspecified atom stereocenters. The molecule has 0 spiro atoms. The van der Waals surface area contributed by atoms with Crippen molar-refractivity contribution in [2.45, 2.75) is 33.4 Å². The molecule has 0 saturated heterocycles. The maximum atomic E-state index is 11.1. The first-order chi connectivity index (χ1) is 8.19. The summed E-state index contributed by atoms with van der Waals surface area (Å²) in [5, 5.41) is 4.23. The van der Waals surface area contributed by atoms with Gasteiger partial charge in [-0.1, -0.05) is 6.92 Å². The minimum absolute atomic E-state index is 0.160. The highest BCUT2D eigenvalue weighted by Crippen LogP contribution is 2.04. The first-order valence-electron chi connectivity index (χ1n) is 6.00. The van der Waals surface area contributed by atoms with Gasteiger partial charge in [0.25, 0.3) is 0 Å². The maximum absolute atomic E-state index is 11.1. The van der Waals surface area contributed by atoms with Gasteiger partial charge in [-0.15, -0.1) is 0 Å². The van der Waals surface area contributed by atoms with E-state index in [-0.39, 0.29) is 5.97 Å². The lowest BCUT2D eigenvalue weighted by Gasteiger charge is -2.18. The zero-order valence-electron chi connectivity index (χ0n) is 10.8. The van der Waals surface area contributed by atoms with Crippen LogP contribution in [0.2, 0.25) is 0 Å². The highest BCUT2D eigenvalue weighted by Gasteiger charge is 2.08. The first-order valence-corrected chi connectivity index (χ1v) is 6.00. The third-order valence-corrected chi connectivity index (χ3v) is 2.72. The Balaban J connectivity index is 2.43. The summed E-state index contributed by atoms with van der Waals surface area (Å²) in [5.74, 6) is -0.160. The normalized spacial score (nSPS) is 10.8. The van der Waals surface area contributed by atoms with Crippen LogP contribution in [0.15, 0.2) is 12.4 Å². The van der Waals surface area contributed by atoms with Crippen LogP contribution in [0.25, 0.3) is 0 Å². The molecule has 96 valence electrons. The average molecular weight is 239 g/mol. The minimum atomic E-state index is -0.160. The standard InChI is InChI=1S/C12H21N3O2/c1-4-14(7-6-12(16)17-3)9-11-8-13-15(5-2)10-11/h8,10H,4-7,9H2,1-3H3. The van der Waals surface area contributed by atoms with E-state index < -0.39 is 0 Å². The second-order valence-electron chi connectivity index (χ2n) is 3.90. The van der Waals surface area contributed by atoms with Crippen LogP contribution < -0.4 is 0 Å². The predicted octanol–water partition coefficient (Wildman–Crippen LogP) is 1.29. The van der Waals surface area contributed by atoms with Gasteiger partial charge >= 0.3 is 5.97 Å². The van der Waals surface area contributed by atoms with Gasteiger partial charge in [-0.05, 0) is 13.5 Å². The van der Waals surface area contributed by atoms with Gasteiger partial charge in [-0.2, -0.15) is 5.10 Å². The van der Waals surface area contributed by atoms with Gasteiger partial charge in [-0.3, -0.25) is 14.4 Å². The van der Waals surface area contributed by atoms with Crippen LogP contribution >= 0.6 is 0 Å². The predicted molar refractivity (Wildman–Crippen MR) is 65.5 cm³/mol. The van der Waals surface area contributed by atoms with Crippen LogP contribution in [-0.4, -0.2) is 40.8 Å². The van der Waals surface area contributed by atoms with Crippen molar-refractivity contribution in [1.82, 2.24) is 14.7 Å². The van der Waals surface area contributed by atoms with Crippen molar-refractivity contribution in [3.05, 3.63) is 18.0 Å². The topological polar surface area (TPSA) is 47.4 Å². The zero-order chi connectivity index (χ0) is 12.7. The lowest BCUT2D eigenvalue weighted by Crippen LogP contribution is -2.25. The van der Waals surface area contributed by atoms with Gasteiger partial charge in [0.1, 0.15) is 0 Å². The number of hydrogen-bond donors (Lipinski definition) is 0. The molecule has 0 aliphatic heterocycles. The molecule has 0 fully saturated rings. The van der Waals surface area contributed by atoms with Gasteiger partial charge in [0.05, 0.1) is 19.7 Å². The Bertz CT molecular complexity index is 349. The Labute approximate surface area is 102 Å². The monoisotopic (exact) mass is 239 g/mol. The number of aryl methyl sites for hydroxylation is 1. The van der Waals surface area contributed by atoms with Crippen molar-refractivity contribution >= 4 is 5.97 Å². The van der Waals surface area contributed by atoms with Crippen molar-refractivity contribution in [2.24, 2.45) is 0 Å². The summed E-state index contributed by atoms with van der Waals surface area (Å²) in [5.41, 5.74) is 1.18. The lowest BCUT2D eigenvalue weighted by atomic mass is 10.3. The largest absolute Gasteiger partial charge is 0.469 e. The van der Waals surface area contributed by atoms with Crippen LogP contribution in [0, 0.1) is 0 Å². The lowest BCUT2D eigenvalue weighted by molar-refractivity contribution is -0.141. The minimum Gasteiger partial charge on any atom is -0.469 e. The molecule has 1 aromatic rings. The molecule has 0 aliphatic rings. The number of rotatable bonds is 7. The van der Waals surface area contributed by atoms with Crippen molar-refractivity contribution in [2.75, 3.05) is 20.2 Å². The Morgan fingerprint density at radius 3 is 2.82 bits per heavy atom. The van der Waals surface area contributed by atoms with Gasteiger partial charge in [-0.25, -0.2) is 0 Å². The summed E-state index contributed by atoms with van der Waals surface area (Å²) >= 11 is 0. The number of hydrogen-bond acceptors (Lipinski definition) is 4. The van der Waals surface area contributed by atoms with Crippen molar-refractivity contribution in [1.29, 1.82) is 0 Å². The number of methoxy groups -OCH3 is 1. The van der Waals surface area contributed by atoms with Gasteiger partial charge in [0, 0.05) is 31.4 Å². The molecule has 0 aromatic carbocycles. The van der Waals surface area contributed by atoms with E-state index in [0.29, 0.717) is 6.42 Å². The third-order valence-electron chi connectivity index (χ3n) is 2.72. The quantitative estimate of drug-likeness (QED) is 0.673. The maximum Gasteiger partial charge on any atom is 0.306 e. The van der Waals surface area contributed by atoms with Crippen molar-refractivity contribution in [3.8, 4) is 0 Å². The van der Waals surface area contributed by atoms with Crippen LogP contribution in [0.1, 0.15) is 25.8 Å². The molecule has 0 atom stereocenters. The Morgan fingerprint density at radius 2 is 2.29 bits per heavy atom. The molecule has 0 radical (unpaired) electrons. The van der Waals surface area contributed by atoms with Crippen molar-refractivity contribution in [3.63, 3.8) is 0 Å². The van der Waals surface area contributed by atoms with Gasteiger partial charge < -0.3 is 4.74 Å². The van der Waals surface area contributed by atoms with Crippen LogP contribution in [0.4, 0.5) is 0 Å². The molecule has 1 heterocycles. The number of nitrogens with zero attached hydrogens (tertiary/aromatic N) is 3.